The molecule has 1 atom stereocenters. The number of halogens is 3. The van der Waals surface area contributed by atoms with Gasteiger partial charge in [0.25, 0.3) is 0 Å². The van der Waals surface area contributed by atoms with Gasteiger partial charge < -0.3 is 10.2 Å². The summed E-state index contributed by atoms with van der Waals surface area (Å²) in [6.45, 7) is 5.94. The Labute approximate surface area is 228 Å². The van der Waals surface area contributed by atoms with E-state index < -0.39 is 11.6 Å². The Bertz CT molecular complexity index is 1190. The molecule has 7 heteroatoms. The minimum Gasteiger partial charge on any atom is -0.350 e. The highest BCUT2D eigenvalue weighted by Gasteiger charge is 2.32. The Balaban J connectivity index is 1.97. The summed E-state index contributed by atoms with van der Waals surface area (Å²) in [5.41, 5.74) is 2.10. The van der Waals surface area contributed by atoms with Crippen LogP contribution in [0.25, 0.3) is 0 Å². The molecular formula is C29H31Cl3N2O2. The van der Waals surface area contributed by atoms with Crippen molar-refractivity contribution < 1.29 is 9.59 Å². The van der Waals surface area contributed by atoms with Crippen LogP contribution in [0.4, 0.5) is 0 Å². The van der Waals surface area contributed by atoms with Crippen molar-refractivity contribution >= 4 is 46.6 Å². The molecule has 0 bridgehead atoms. The van der Waals surface area contributed by atoms with Crippen molar-refractivity contribution in [3.05, 3.63) is 105 Å². The number of rotatable bonds is 9. The van der Waals surface area contributed by atoms with Crippen LogP contribution in [0.5, 0.6) is 0 Å². The average Bonchev–Trinajstić information content (AvgIpc) is 2.81. The standard InChI is InChI=1S/C29H31Cl3N2O2/c1-29(2,3)33-28(36)26(17-20-9-5-4-6-10-20)34(19-22-13-15-23(30)18-25(22)32)27(35)16-14-21-11-7-8-12-24(21)31/h4-13,15,18,26H,14,16-17,19H2,1-3H3,(H,33,36)/t26-/m1/s1. The van der Waals surface area contributed by atoms with E-state index in [2.05, 4.69) is 5.32 Å². The van der Waals surface area contributed by atoms with Gasteiger partial charge in [-0.15, -0.1) is 0 Å². The van der Waals surface area contributed by atoms with Gasteiger partial charge in [0.15, 0.2) is 0 Å². The summed E-state index contributed by atoms with van der Waals surface area (Å²) in [7, 11) is 0. The number of nitrogens with one attached hydrogen (secondary N) is 1. The molecule has 0 saturated carbocycles. The molecule has 4 nitrogen and oxygen atoms in total. The molecule has 0 unspecified atom stereocenters. The van der Waals surface area contributed by atoms with Gasteiger partial charge in [0.1, 0.15) is 6.04 Å². The van der Waals surface area contributed by atoms with Crippen LogP contribution >= 0.6 is 34.8 Å². The van der Waals surface area contributed by atoms with E-state index in [1.54, 1.807) is 23.1 Å². The zero-order valence-corrected chi connectivity index (χ0v) is 23.0. The number of amides is 2. The van der Waals surface area contributed by atoms with E-state index in [1.807, 2.05) is 75.4 Å². The third kappa shape index (κ3) is 8.26. The fraction of sp³-hybridized carbons (Fsp3) is 0.310. The van der Waals surface area contributed by atoms with E-state index in [0.717, 1.165) is 11.1 Å². The van der Waals surface area contributed by atoms with Crippen molar-refractivity contribution in [2.24, 2.45) is 0 Å². The molecule has 3 aromatic carbocycles. The van der Waals surface area contributed by atoms with E-state index in [0.29, 0.717) is 33.5 Å². The van der Waals surface area contributed by atoms with Gasteiger partial charge in [0, 0.05) is 40.0 Å². The fourth-order valence-electron chi connectivity index (χ4n) is 3.93. The van der Waals surface area contributed by atoms with Gasteiger partial charge in [0.2, 0.25) is 11.8 Å². The summed E-state index contributed by atoms with van der Waals surface area (Å²) in [5.74, 6) is -0.381. The predicted molar refractivity (Wildman–Crippen MR) is 149 cm³/mol. The van der Waals surface area contributed by atoms with Gasteiger partial charge in [-0.1, -0.05) is 89.4 Å². The lowest BCUT2D eigenvalue weighted by atomic mass is 10.00. The molecule has 3 rings (SSSR count). The van der Waals surface area contributed by atoms with Gasteiger partial charge in [0.05, 0.1) is 0 Å². The summed E-state index contributed by atoms with van der Waals surface area (Å²) in [6, 6.07) is 21.6. The Morgan fingerprint density at radius 2 is 1.53 bits per heavy atom. The molecule has 0 radical (unpaired) electrons. The lowest BCUT2D eigenvalue weighted by Crippen LogP contribution is -2.54. The maximum Gasteiger partial charge on any atom is 0.243 e. The highest BCUT2D eigenvalue weighted by atomic mass is 35.5. The van der Waals surface area contributed by atoms with Crippen molar-refractivity contribution in [3.63, 3.8) is 0 Å². The lowest BCUT2D eigenvalue weighted by molar-refractivity contribution is -0.141. The predicted octanol–water partition coefficient (Wildman–Crippen LogP) is 7.13. The Hall–Kier alpha value is -2.53. The fourth-order valence-corrected chi connectivity index (χ4v) is 4.63. The quantitative estimate of drug-likeness (QED) is 0.311. The number of hydrogen-bond acceptors (Lipinski definition) is 2. The molecule has 0 heterocycles. The maximum atomic E-state index is 13.7. The van der Waals surface area contributed by atoms with Crippen molar-refractivity contribution in [2.75, 3.05) is 0 Å². The van der Waals surface area contributed by atoms with Gasteiger partial charge >= 0.3 is 0 Å². The third-order valence-corrected chi connectivity index (χ3v) is 6.65. The molecule has 3 aromatic rings. The van der Waals surface area contributed by atoms with Crippen LogP contribution in [0.3, 0.4) is 0 Å². The molecule has 0 aliphatic rings. The van der Waals surface area contributed by atoms with Crippen LogP contribution in [0.1, 0.15) is 43.9 Å². The van der Waals surface area contributed by atoms with Crippen molar-refractivity contribution in [1.29, 1.82) is 0 Å². The van der Waals surface area contributed by atoms with E-state index in [9.17, 15) is 9.59 Å². The Kier molecular flexibility index (Phi) is 9.84. The SMILES string of the molecule is CC(C)(C)NC(=O)[C@@H](Cc1ccccc1)N(Cc1ccc(Cl)cc1Cl)C(=O)CCc1ccccc1Cl. The smallest absolute Gasteiger partial charge is 0.243 e. The van der Waals surface area contributed by atoms with Gasteiger partial charge in [-0.2, -0.15) is 0 Å². The first-order valence-electron chi connectivity index (χ1n) is 11.9. The summed E-state index contributed by atoms with van der Waals surface area (Å²) in [4.78, 5) is 29.0. The Morgan fingerprint density at radius 3 is 2.17 bits per heavy atom. The first kappa shape index (κ1) is 28.0. The summed E-state index contributed by atoms with van der Waals surface area (Å²) < 4.78 is 0. The van der Waals surface area contributed by atoms with Crippen LogP contribution in [0.2, 0.25) is 15.1 Å². The molecule has 1 N–H and O–H groups in total. The Morgan fingerprint density at radius 1 is 0.861 bits per heavy atom. The van der Waals surface area contributed by atoms with Crippen molar-refractivity contribution in [3.8, 4) is 0 Å². The van der Waals surface area contributed by atoms with Gasteiger partial charge in [-0.3, -0.25) is 9.59 Å². The summed E-state index contributed by atoms with van der Waals surface area (Å²) in [6.07, 6.45) is 1.02. The second kappa shape index (κ2) is 12.6. The second-order valence-electron chi connectivity index (χ2n) is 9.79. The third-order valence-electron chi connectivity index (χ3n) is 5.69. The largest absolute Gasteiger partial charge is 0.350 e. The van der Waals surface area contributed by atoms with Crippen LogP contribution in [0.15, 0.2) is 72.8 Å². The molecular weight excluding hydrogens is 515 g/mol. The van der Waals surface area contributed by atoms with Crippen LogP contribution in [-0.4, -0.2) is 28.3 Å². The van der Waals surface area contributed by atoms with Crippen molar-refractivity contribution in [2.45, 2.75) is 58.2 Å². The van der Waals surface area contributed by atoms with E-state index in [1.165, 1.54) is 0 Å². The van der Waals surface area contributed by atoms with Crippen molar-refractivity contribution in [1.82, 2.24) is 10.2 Å². The highest BCUT2D eigenvalue weighted by Crippen LogP contribution is 2.25. The zero-order valence-electron chi connectivity index (χ0n) is 20.7. The molecule has 0 aliphatic heterocycles. The molecule has 0 aliphatic carbocycles. The molecule has 2 amide bonds. The number of benzene rings is 3. The topological polar surface area (TPSA) is 49.4 Å². The average molecular weight is 546 g/mol. The number of aryl methyl sites for hydroxylation is 1. The summed E-state index contributed by atoms with van der Waals surface area (Å²) >= 11 is 18.9. The minimum absolute atomic E-state index is 0.161. The number of carbonyl (C=O) groups is 2. The van der Waals surface area contributed by atoms with E-state index in [-0.39, 0.29) is 24.8 Å². The van der Waals surface area contributed by atoms with E-state index in [4.69, 9.17) is 34.8 Å². The zero-order chi connectivity index (χ0) is 26.3. The molecule has 36 heavy (non-hydrogen) atoms. The summed E-state index contributed by atoms with van der Waals surface area (Å²) in [5, 5.41) is 4.63. The monoisotopic (exact) mass is 544 g/mol. The number of nitrogens with zero attached hydrogens (tertiary/aromatic N) is 1. The molecule has 0 saturated heterocycles. The first-order chi connectivity index (χ1) is 17.0. The molecule has 0 fully saturated rings. The molecule has 190 valence electrons. The number of carbonyl (C=O) groups excluding carboxylic acids is 2. The van der Waals surface area contributed by atoms with E-state index >= 15 is 0 Å². The molecule has 0 spiro atoms. The van der Waals surface area contributed by atoms with Crippen LogP contribution in [0, 0.1) is 0 Å². The lowest BCUT2D eigenvalue weighted by Gasteiger charge is -2.34. The highest BCUT2D eigenvalue weighted by molar-refractivity contribution is 6.35. The van der Waals surface area contributed by atoms with Gasteiger partial charge in [-0.05, 0) is 62.1 Å². The first-order valence-corrected chi connectivity index (χ1v) is 13.0. The molecule has 0 aromatic heterocycles. The van der Waals surface area contributed by atoms with Crippen LogP contribution < -0.4 is 5.32 Å². The normalized spacial score (nSPS) is 12.2. The maximum absolute atomic E-state index is 13.7. The number of hydrogen-bond donors (Lipinski definition) is 1. The second-order valence-corrected chi connectivity index (χ2v) is 11.0. The van der Waals surface area contributed by atoms with Gasteiger partial charge in [-0.25, -0.2) is 0 Å². The minimum atomic E-state index is -0.739. The van der Waals surface area contributed by atoms with Crippen LogP contribution in [-0.2, 0) is 29.0 Å².